The Hall–Kier alpha value is -3.38. The summed E-state index contributed by atoms with van der Waals surface area (Å²) in [4.78, 5) is 21.7. The van der Waals surface area contributed by atoms with Crippen LogP contribution in [0.4, 0.5) is 24.3 Å². The van der Waals surface area contributed by atoms with Crippen molar-refractivity contribution < 1.29 is 27.8 Å². The van der Waals surface area contributed by atoms with Crippen LogP contribution in [0, 0.1) is 0 Å². The van der Waals surface area contributed by atoms with Crippen molar-refractivity contribution in [2.45, 2.75) is 44.2 Å². The molecular weight excluding hydrogens is 483 g/mol. The second-order valence-corrected chi connectivity index (χ2v) is 9.53. The van der Waals surface area contributed by atoms with E-state index in [9.17, 15) is 23.1 Å². The Morgan fingerprint density at radius 2 is 1.89 bits per heavy atom. The normalized spacial score (nSPS) is 18.7. The Morgan fingerprint density at radius 3 is 2.63 bits per heavy atom. The van der Waals surface area contributed by atoms with Crippen molar-refractivity contribution in [1.29, 1.82) is 0 Å². The number of anilines is 2. The number of nitrogens with one attached hydrogen (secondary N) is 2. The highest BCUT2D eigenvalue weighted by Crippen LogP contribution is 2.33. The van der Waals surface area contributed by atoms with Crippen molar-refractivity contribution in [3.63, 3.8) is 0 Å². The summed E-state index contributed by atoms with van der Waals surface area (Å²) in [6.45, 7) is 0. The van der Waals surface area contributed by atoms with E-state index in [1.165, 1.54) is 29.5 Å². The summed E-state index contributed by atoms with van der Waals surface area (Å²) in [7, 11) is 1.81. The van der Waals surface area contributed by atoms with Gasteiger partial charge in [-0.05, 0) is 56.0 Å². The molecule has 0 unspecified atom stereocenters. The smallest absolute Gasteiger partial charge is 0.406 e. The molecule has 0 bridgehead atoms. The van der Waals surface area contributed by atoms with E-state index >= 15 is 0 Å². The van der Waals surface area contributed by atoms with Crippen molar-refractivity contribution in [3.8, 4) is 5.75 Å². The number of amides is 1. The minimum absolute atomic E-state index is 0.0450. The summed E-state index contributed by atoms with van der Waals surface area (Å²) in [5.41, 5.74) is 2.43. The molecule has 0 atom stereocenters. The van der Waals surface area contributed by atoms with Crippen molar-refractivity contribution in [2.24, 2.45) is 7.05 Å². The minimum Gasteiger partial charge on any atom is -0.406 e. The van der Waals surface area contributed by atoms with Gasteiger partial charge in [0, 0.05) is 24.7 Å². The molecule has 2 heterocycles. The number of aromatic nitrogens is 3. The first-order chi connectivity index (χ1) is 16.6. The van der Waals surface area contributed by atoms with Crippen LogP contribution in [-0.2, 0) is 7.05 Å². The molecule has 0 saturated heterocycles. The standard InChI is InChI=1S/C23H22F3N5O3S/c1-31-18-9-2-12(20(33)27-13-3-5-14(32)6-4-13)10-17(18)28-21(31)30-22-29-16-8-7-15(11-19(16)35-22)34-23(24,25)26/h2,7-11,13-14,32H,3-6H2,1H3,(H,27,33)(H,28,29,30). The molecule has 8 nitrogen and oxygen atoms in total. The number of thiazole rings is 1. The number of aliphatic hydroxyl groups excluding tert-OH is 1. The van der Waals surface area contributed by atoms with Gasteiger partial charge in [-0.25, -0.2) is 9.97 Å². The van der Waals surface area contributed by atoms with E-state index in [1.54, 1.807) is 12.1 Å². The maximum Gasteiger partial charge on any atom is 0.573 e. The van der Waals surface area contributed by atoms with Gasteiger partial charge in [0.2, 0.25) is 5.95 Å². The van der Waals surface area contributed by atoms with Gasteiger partial charge in [-0.2, -0.15) is 0 Å². The number of alkyl halides is 3. The second kappa shape index (κ2) is 9.00. The topological polar surface area (TPSA) is 101 Å². The van der Waals surface area contributed by atoms with Crippen LogP contribution < -0.4 is 15.4 Å². The van der Waals surface area contributed by atoms with Gasteiger partial charge in [0.05, 0.1) is 27.4 Å². The molecule has 12 heteroatoms. The molecule has 2 aromatic heterocycles. The molecule has 1 fully saturated rings. The molecule has 1 amide bonds. The molecule has 2 aromatic carbocycles. The van der Waals surface area contributed by atoms with Gasteiger partial charge in [0.1, 0.15) is 5.75 Å². The van der Waals surface area contributed by atoms with Crippen LogP contribution in [-0.4, -0.2) is 44.1 Å². The van der Waals surface area contributed by atoms with Crippen molar-refractivity contribution in [1.82, 2.24) is 19.9 Å². The van der Waals surface area contributed by atoms with Crippen molar-refractivity contribution in [2.75, 3.05) is 5.32 Å². The first-order valence-corrected chi connectivity index (χ1v) is 11.8. The molecule has 3 N–H and O–H groups in total. The first-order valence-electron chi connectivity index (χ1n) is 11.0. The third-order valence-electron chi connectivity index (χ3n) is 5.99. The zero-order valence-electron chi connectivity index (χ0n) is 18.6. The monoisotopic (exact) mass is 505 g/mol. The van der Waals surface area contributed by atoms with Crippen LogP contribution in [0.5, 0.6) is 5.75 Å². The average Bonchev–Trinajstić information content (AvgIpc) is 3.33. The Bertz CT molecular complexity index is 1390. The average molecular weight is 506 g/mol. The summed E-state index contributed by atoms with van der Waals surface area (Å²) in [5, 5.41) is 16.2. The number of rotatable bonds is 5. The summed E-state index contributed by atoms with van der Waals surface area (Å²) in [5.74, 6) is -0.0145. The van der Waals surface area contributed by atoms with Crippen LogP contribution in [0.25, 0.3) is 21.3 Å². The molecule has 5 rings (SSSR count). The Labute approximate surface area is 201 Å². The van der Waals surface area contributed by atoms with Gasteiger partial charge < -0.3 is 25.0 Å². The van der Waals surface area contributed by atoms with Crippen LogP contribution >= 0.6 is 11.3 Å². The number of hydrogen-bond donors (Lipinski definition) is 3. The van der Waals surface area contributed by atoms with Gasteiger partial charge in [-0.15, -0.1) is 13.2 Å². The van der Waals surface area contributed by atoms with E-state index in [2.05, 4.69) is 25.3 Å². The number of halogens is 3. The zero-order chi connectivity index (χ0) is 24.7. The summed E-state index contributed by atoms with van der Waals surface area (Å²) in [6.07, 6.45) is -2.19. The Balaban J connectivity index is 1.34. The number of nitrogens with zero attached hydrogens (tertiary/aromatic N) is 3. The SMILES string of the molecule is Cn1c(Nc2nc3ccc(OC(F)(F)F)cc3s2)nc2cc(C(=O)NC3CCC(O)CC3)ccc21. The number of ether oxygens (including phenoxy) is 1. The molecule has 35 heavy (non-hydrogen) atoms. The fraction of sp³-hybridized carbons (Fsp3) is 0.348. The van der Waals surface area contributed by atoms with Crippen LogP contribution in [0.15, 0.2) is 36.4 Å². The van der Waals surface area contributed by atoms with E-state index in [1.807, 2.05) is 17.7 Å². The molecule has 1 saturated carbocycles. The Morgan fingerprint density at radius 1 is 1.11 bits per heavy atom. The molecule has 4 aromatic rings. The molecule has 184 valence electrons. The maximum absolute atomic E-state index is 12.7. The largest absolute Gasteiger partial charge is 0.573 e. The summed E-state index contributed by atoms with van der Waals surface area (Å²) >= 11 is 1.17. The highest BCUT2D eigenvalue weighted by atomic mass is 32.1. The van der Waals surface area contributed by atoms with Gasteiger partial charge in [-0.1, -0.05) is 11.3 Å². The van der Waals surface area contributed by atoms with Crippen molar-refractivity contribution >= 4 is 49.6 Å². The van der Waals surface area contributed by atoms with Gasteiger partial charge in [-0.3, -0.25) is 4.79 Å². The molecule has 1 aliphatic carbocycles. The van der Waals surface area contributed by atoms with E-state index < -0.39 is 6.36 Å². The second-order valence-electron chi connectivity index (χ2n) is 8.50. The molecule has 0 aliphatic heterocycles. The maximum atomic E-state index is 12.7. The quantitative estimate of drug-likeness (QED) is 0.358. The number of aryl methyl sites for hydroxylation is 1. The predicted molar refractivity (Wildman–Crippen MR) is 126 cm³/mol. The molecular formula is C23H22F3N5O3S. The van der Waals surface area contributed by atoms with Crippen LogP contribution in [0.1, 0.15) is 36.0 Å². The van der Waals surface area contributed by atoms with E-state index in [4.69, 9.17) is 0 Å². The van der Waals surface area contributed by atoms with Gasteiger partial charge >= 0.3 is 6.36 Å². The lowest BCUT2D eigenvalue weighted by molar-refractivity contribution is -0.274. The summed E-state index contributed by atoms with van der Waals surface area (Å²) in [6, 6.07) is 9.28. The fourth-order valence-electron chi connectivity index (χ4n) is 4.19. The lowest BCUT2D eigenvalue weighted by Crippen LogP contribution is -2.38. The van der Waals surface area contributed by atoms with E-state index in [0.29, 0.717) is 45.2 Å². The number of benzene rings is 2. The van der Waals surface area contributed by atoms with Gasteiger partial charge in [0.25, 0.3) is 5.91 Å². The third-order valence-corrected chi connectivity index (χ3v) is 6.92. The molecule has 0 spiro atoms. The number of carbonyl (C=O) groups is 1. The molecule has 1 aliphatic rings. The number of fused-ring (bicyclic) bond motifs is 2. The lowest BCUT2D eigenvalue weighted by Gasteiger charge is -2.26. The fourth-order valence-corrected chi connectivity index (χ4v) is 5.08. The Kier molecular flexibility index (Phi) is 6.01. The highest BCUT2D eigenvalue weighted by molar-refractivity contribution is 7.22. The zero-order valence-corrected chi connectivity index (χ0v) is 19.4. The van der Waals surface area contributed by atoms with Crippen LogP contribution in [0.2, 0.25) is 0 Å². The van der Waals surface area contributed by atoms with E-state index in [-0.39, 0.29) is 23.8 Å². The van der Waals surface area contributed by atoms with Gasteiger partial charge in [0.15, 0.2) is 5.13 Å². The highest BCUT2D eigenvalue weighted by Gasteiger charge is 2.31. The van der Waals surface area contributed by atoms with E-state index in [0.717, 1.165) is 18.4 Å². The van der Waals surface area contributed by atoms with Crippen molar-refractivity contribution in [3.05, 3.63) is 42.0 Å². The van der Waals surface area contributed by atoms with Crippen LogP contribution in [0.3, 0.4) is 0 Å². The molecule has 0 radical (unpaired) electrons. The number of aliphatic hydroxyl groups is 1. The number of hydrogen-bond acceptors (Lipinski definition) is 7. The summed E-state index contributed by atoms with van der Waals surface area (Å²) < 4.78 is 43.8. The third kappa shape index (κ3) is 5.17. The number of imidazole rings is 1. The predicted octanol–water partition coefficient (Wildman–Crippen LogP) is 4.86. The number of carbonyl (C=O) groups excluding carboxylic acids is 1. The lowest BCUT2D eigenvalue weighted by atomic mass is 9.93. The minimum atomic E-state index is -4.76. The first kappa shape index (κ1) is 23.4.